The second-order valence-electron chi connectivity index (χ2n) is 4.38. The van der Waals surface area contributed by atoms with Crippen LogP contribution < -0.4 is 10.6 Å². The van der Waals surface area contributed by atoms with E-state index < -0.39 is 0 Å². The minimum Gasteiger partial charge on any atom is -0.378 e. The van der Waals surface area contributed by atoms with Crippen molar-refractivity contribution in [3.05, 3.63) is 30.1 Å². The summed E-state index contributed by atoms with van der Waals surface area (Å²) in [7, 11) is 0. The summed E-state index contributed by atoms with van der Waals surface area (Å²) >= 11 is 0. The van der Waals surface area contributed by atoms with Crippen molar-refractivity contribution in [2.75, 3.05) is 36.9 Å². The zero-order chi connectivity index (χ0) is 13.2. The average Bonchev–Trinajstić information content (AvgIpc) is 2.86. The Morgan fingerprint density at radius 2 is 2.00 bits per heavy atom. The highest BCUT2D eigenvalue weighted by atomic mass is 19.1. The maximum atomic E-state index is 13.5. The van der Waals surface area contributed by atoms with Crippen molar-refractivity contribution in [1.29, 1.82) is 0 Å². The van der Waals surface area contributed by atoms with E-state index in [9.17, 15) is 4.39 Å². The first-order chi connectivity index (χ1) is 9.24. The molecule has 1 aliphatic rings. The number of halogens is 1. The Bertz CT molecular complexity index is 579. The Kier molecular flexibility index (Phi) is 3.08. The van der Waals surface area contributed by atoms with E-state index in [-0.39, 0.29) is 11.7 Å². The lowest BCUT2D eigenvalue weighted by molar-refractivity contribution is 0.122. The van der Waals surface area contributed by atoms with Gasteiger partial charge >= 0.3 is 0 Å². The van der Waals surface area contributed by atoms with Crippen LogP contribution in [0.3, 0.4) is 0 Å². The summed E-state index contributed by atoms with van der Waals surface area (Å²) in [5, 5.41) is 3.86. The normalized spacial score (nSPS) is 15.7. The number of morpholine rings is 1. The summed E-state index contributed by atoms with van der Waals surface area (Å²) in [6, 6.07) is 6.24. The molecule has 1 fully saturated rings. The van der Waals surface area contributed by atoms with Gasteiger partial charge in [-0.15, -0.1) is 0 Å². The van der Waals surface area contributed by atoms with E-state index in [2.05, 4.69) is 10.1 Å². The third-order valence-corrected chi connectivity index (χ3v) is 3.11. The van der Waals surface area contributed by atoms with Crippen LogP contribution in [0.15, 0.2) is 28.8 Å². The van der Waals surface area contributed by atoms with E-state index in [0.717, 1.165) is 18.8 Å². The van der Waals surface area contributed by atoms with Crippen LogP contribution in [0, 0.1) is 5.82 Å². The SMILES string of the molecule is Nc1cc(-c2cc(F)ccc2N2CCOCC2)no1. The lowest BCUT2D eigenvalue weighted by Gasteiger charge is -2.30. The molecule has 2 aromatic rings. The van der Waals surface area contributed by atoms with Crippen LogP contribution in [0.2, 0.25) is 0 Å². The minimum atomic E-state index is -0.311. The Balaban J connectivity index is 2.03. The molecular formula is C13H14FN3O2. The highest BCUT2D eigenvalue weighted by Crippen LogP contribution is 2.32. The highest BCUT2D eigenvalue weighted by Gasteiger charge is 2.18. The first kappa shape index (κ1) is 12.0. The van der Waals surface area contributed by atoms with Crippen molar-refractivity contribution >= 4 is 11.6 Å². The van der Waals surface area contributed by atoms with Gasteiger partial charge in [0.15, 0.2) is 0 Å². The van der Waals surface area contributed by atoms with Crippen LogP contribution in [0.4, 0.5) is 16.0 Å². The Morgan fingerprint density at radius 1 is 1.21 bits per heavy atom. The van der Waals surface area contributed by atoms with E-state index in [4.69, 9.17) is 15.0 Å². The summed E-state index contributed by atoms with van der Waals surface area (Å²) in [5.41, 5.74) is 7.66. The third-order valence-electron chi connectivity index (χ3n) is 3.11. The molecule has 1 aliphatic heterocycles. The van der Waals surface area contributed by atoms with Crippen molar-refractivity contribution in [2.45, 2.75) is 0 Å². The van der Waals surface area contributed by atoms with Gasteiger partial charge in [-0.25, -0.2) is 4.39 Å². The van der Waals surface area contributed by atoms with E-state index in [0.29, 0.717) is 24.5 Å². The van der Waals surface area contributed by atoms with Gasteiger partial charge in [0.05, 0.1) is 13.2 Å². The number of nitrogen functional groups attached to an aromatic ring is 1. The first-order valence-corrected chi connectivity index (χ1v) is 6.09. The Labute approximate surface area is 109 Å². The molecule has 0 unspecified atom stereocenters. The number of aromatic nitrogens is 1. The highest BCUT2D eigenvalue weighted by molar-refractivity contribution is 5.77. The average molecular weight is 263 g/mol. The van der Waals surface area contributed by atoms with Gasteiger partial charge < -0.3 is 19.9 Å². The van der Waals surface area contributed by atoms with Gasteiger partial charge in [0.1, 0.15) is 11.5 Å². The van der Waals surface area contributed by atoms with Crippen molar-refractivity contribution in [2.24, 2.45) is 0 Å². The van der Waals surface area contributed by atoms with E-state index in [1.54, 1.807) is 12.1 Å². The van der Waals surface area contributed by atoms with Gasteiger partial charge in [0.25, 0.3) is 0 Å². The second kappa shape index (κ2) is 4.89. The van der Waals surface area contributed by atoms with Crippen LogP contribution in [0.25, 0.3) is 11.3 Å². The Morgan fingerprint density at radius 3 is 2.68 bits per heavy atom. The summed E-state index contributed by atoms with van der Waals surface area (Å²) in [4.78, 5) is 2.14. The summed E-state index contributed by atoms with van der Waals surface area (Å²) in [6.07, 6.45) is 0. The minimum absolute atomic E-state index is 0.215. The summed E-state index contributed by atoms with van der Waals surface area (Å²) in [6.45, 7) is 2.87. The third kappa shape index (κ3) is 2.39. The number of nitrogens with zero attached hydrogens (tertiary/aromatic N) is 2. The smallest absolute Gasteiger partial charge is 0.222 e. The predicted octanol–water partition coefficient (Wildman–Crippen LogP) is 1.90. The molecule has 1 aromatic heterocycles. The quantitative estimate of drug-likeness (QED) is 0.896. The molecule has 2 heterocycles. The van der Waals surface area contributed by atoms with Gasteiger partial charge in [-0.3, -0.25) is 0 Å². The van der Waals surface area contributed by atoms with Gasteiger partial charge in [0, 0.05) is 30.4 Å². The number of ether oxygens (including phenoxy) is 1. The molecule has 0 bridgehead atoms. The zero-order valence-electron chi connectivity index (χ0n) is 10.3. The number of hydrogen-bond acceptors (Lipinski definition) is 5. The fraction of sp³-hybridized carbons (Fsp3) is 0.308. The number of hydrogen-bond donors (Lipinski definition) is 1. The molecule has 0 saturated carbocycles. The van der Waals surface area contributed by atoms with Gasteiger partial charge in [0.2, 0.25) is 5.88 Å². The van der Waals surface area contributed by atoms with E-state index in [1.807, 2.05) is 0 Å². The number of anilines is 2. The molecule has 5 nitrogen and oxygen atoms in total. The summed E-state index contributed by atoms with van der Waals surface area (Å²) < 4.78 is 23.7. The molecule has 0 atom stereocenters. The number of benzene rings is 1. The van der Waals surface area contributed by atoms with Crippen LogP contribution in [0.1, 0.15) is 0 Å². The van der Waals surface area contributed by atoms with Crippen molar-refractivity contribution < 1.29 is 13.7 Å². The van der Waals surface area contributed by atoms with Gasteiger partial charge in [-0.2, -0.15) is 0 Å². The fourth-order valence-corrected chi connectivity index (χ4v) is 2.21. The van der Waals surface area contributed by atoms with E-state index in [1.165, 1.54) is 12.1 Å². The van der Waals surface area contributed by atoms with Crippen LogP contribution in [0.5, 0.6) is 0 Å². The lowest BCUT2D eigenvalue weighted by Crippen LogP contribution is -2.36. The molecule has 2 N–H and O–H groups in total. The molecule has 100 valence electrons. The molecule has 0 spiro atoms. The lowest BCUT2D eigenvalue weighted by atomic mass is 10.1. The van der Waals surface area contributed by atoms with Crippen molar-refractivity contribution in [1.82, 2.24) is 5.16 Å². The standard InChI is InChI=1S/C13H14FN3O2/c14-9-1-2-12(17-3-5-18-6-4-17)10(7-9)11-8-13(15)19-16-11/h1-2,7-8H,3-6,15H2. The van der Waals surface area contributed by atoms with Crippen LogP contribution >= 0.6 is 0 Å². The second-order valence-corrected chi connectivity index (χ2v) is 4.38. The first-order valence-electron chi connectivity index (χ1n) is 6.09. The largest absolute Gasteiger partial charge is 0.378 e. The van der Waals surface area contributed by atoms with E-state index >= 15 is 0 Å². The van der Waals surface area contributed by atoms with Crippen molar-refractivity contribution in [3.8, 4) is 11.3 Å². The maximum absolute atomic E-state index is 13.5. The molecular weight excluding hydrogens is 249 g/mol. The molecule has 1 aromatic carbocycles. The number of rotatable bonds is 2. The molecule has 3 rings (SSSR count). The number of nitrogens with two attached hydrogens (primary N) is 1. The Hall–Kier alpha value is -2.08. The molecule has 19 heavy (non-hydrogen) atoms. The molecule has 0 aliphatic carbocycles. The molecule has 1 saturated heterocycles. The van der Waals surface area contributed by atoms with Crippen LogP contribution in [-0.2, 0) is 4.74 Å². The molecule has 0 amide bonds. The van der Waals surface area contributed by atoms with Gasteiger partial charge in [-0.1, -0.05) is 5.16 Å². The van der Waals surface area contributed by atoms with Crippen LogP contribution in [-0.4, -0.2) is 31.5 Å². The maximum Gasteiger partial charge on any atom is 0.222 e. The monoisotopic (exact) mass is 263 g/mol. The van der Waals surface area contributed by atoms with Crippen molar-refractivity contribution in [3.63, 3.8) is 0 Å². The fourth-order valence-electron chi connectivity index (χ4n) is 2.21. The topological polar surface area (TPSA) is 64.5 Å². The summed E-state index contributed by atoms with van der Waals surface area (Å²) in [5.74, 6) is -0.0965. The van der Waals surface area contributed by atoms with Gasteiger partial charge in [-0.05, 0) is 18.2 Å². The predicted molar refractivity (Wildman–Crippen MR) is 69.3 cm³/mol. The zero-order valence-corrected chi connectivity index (χ0v) is 10.3. The molecule has 0 radical (unpaired) electrons. The molecule has 6 heteroatoms.